The molecule has 0 aromatic heterocycles. The van der Waals surface area contributed by atoms with Crippen molar-refractivity contribution in [2.24, 2.45) is 0 Å². The van der Waals surface area contributed by atoms with Crippen molar-refractivity contribution in [1.29, 1.82) is 0 Å². The molecule has 1 atom stereocenters. The largest absolute Gasteiger partial charge is 0.504 e. The summed E-state index contributed by atoms with van der Waals surface area (Å²) < 4.78 is 28.7. The van der Waals surface area contributed by atoms with Crippen LogP contribution in [0.15, 0.2) is 23.8 Å². The lowest BCUT2D eigenvalue weighted by Gasteiger charge is -2.18. The molecule has 1 heterocycles. The molecule has 68 valence electrons. The van der Waals surface area contributed by atoms with Crippen LogP contribution in [0.1, 0.15) is 0 Å². The van der Waals surface area contributed by atoms with E-state index in [9.17, 15) is 8.78 Å². The van der Waals surface area contributed by atoms with Crippen molar-refractivity contribution in [3.05, 3.63) is 23.8 Å². The van der Waals surface area contributed by atoms with Gasteiger partial charge in [-0.2, -0.15) is 0 Å². The van der Waals surface area contributed by atoms with Crippen molar-refractivity contribution in [1.82, 2.24) is 5.32 Å². The fourth-order valence-corrected chi connectivity index (χ4v) is 0.855. The quantitative estimate of drug-likeness (QED) is 0.664. The van der Waals surface area contributed by atoms with E-state index in [-0.39, 0.29) is 11.5 Å². The van der Waals surface area contributed by atoms with E-state index < -0.39 is 12.5 Å². The third-order valence-electron chi connectivity index (χ3n) is 1.49. The first-order valence-electron chi connectivity index (χ1n) is 3.34. The van der Waals surface area contributed by atoms with Gasteiger partial charge in [0, 0.05) is 6.20 Å². The van der Waals surface area contributed by atoms with Gasteiger partial charge in [-0.3, -0.25) is 0 Å². The molecule has 0 saturated carbocycles. The average molecular weight is 177 g/mol. The van der Waals surface area contributed by atoms with E-state index in [1.165, 1.54) is 13.3 Å². The van der Waals surface area contributed by atoms with Crippen molar-refractivity contribution < 1.29 is 18.6 Å². The molecule has 0 aromatic carbocycles. The Labute approximate surface area is 68.3 Å². The van der Waals surface area contributed by atoms with Crippen LogP contribution in [-0.4, -0.2) is 24.7 Å². The third kappa shape index (κ3) is 1.66. The van der Waals surface area contributed by atoms with Gasteiger partial charge in [0.2, 0.25) is 0 Å². The maximum absolute atomic E-state index is 12.0. The second-order valence-electron chi connectivity index (χ2n) is 2.29. The highest BCUT2D eigenvalue weighted by Gasteiger charge is 2.22. The van der Waals surface area contributed by atoms with Gasteiger partial charge in [0.1, 0.15) is 6.04 Å². The summed E-state index contributed by atoms with van der Waals surface area (Å²) in [6.45, 7) is 0. The number of hydrogen-bond acceptors (Lipinski definition) is 3. The van der Waals surface area contributed by atoms with Crippen molar-refractivity contribution in [3.8, 4) is 0 Å². The molecule has 5 heteroatoms. The number of rotatable bonds is 2. The molecule has 0 aromatic rings. The Hall–Kier alpha value is -1.26. The number of halogens is 2. The normalized spacial score (nSPS) is 22.8. The molecule has 2 N–H and O–H groups in total. The molecule has 12 heavy (non-hydrogen) atoms. The van der Waals surface area contributed by atoms with Crippen molar-refractivity contribution in [2.45, 2.75) is 12.5 Å². The van der Waals surface area contributed by atoms with Gasteiger partial charge in [-0.25, -0.2) is 8.78 Å². The van der Waals surface area contributed by atoms with E-state index in [1.54, 1.807) is 0 Å². The minimum atomic E-state index is -2.54. The van der Waals surface area contributed by atoms with Crippen LogP contribution in [0.5, 0.6) is 0 Å². The van der Waals surface area contributed by atoms with E-state index in [0.717, 1.165) is 6.08 Å². The molecule has 3 nitrogen and oxygen atoms in total. The second-order valence-corrected chi connectivity index (χ2v) is 2.29. The van der Waals surface area contributed by atoms with Gasteiger partial charge in [-0.05, 0) is 6.08 Å². The lowest BCUT2D eigenvalue weighted by Crippen LogP contribution is -2.33. The second kappa shape index (κ2) is 3.42. The minimum Gasteiger partial charge on any atom is -0.504 e. The van der Waals surface area contributed by atoms with E-state index in [2.05, 4.69) is 10.1 Å². The Morgan fingerprint density at radius 1 is 1.67 bits per heavy atom. The first kappa shape index (κ1) is 8.83. The Kier molecular flexibility index (Phi) is 2.52. The summed E-state index contributed by atoms with van der Waals surface area (Å²) in [4.78, 5) is 0. The number of hydrogen-bond donors (Lipinski definition) is 2. The fourth-order valence-electron chi connectivity index (χ4n) is 0.855. The zero-order chi connectivity index (χ0) is 9.14. The first-order chi connectivity index (χ1) is 5.65. The van der Waals surface area contributed by atoms with Crippen LogP contribution < -0.4 is 5.32 Å². The van der Waals surface area contributed by atoms with Crippen LogP contribution >= 0.6 is 0 Å². The molecule has 1 aliphatic heterocycles. The van der Waals surface area contributed by atoms with Crippen LogP contribution in [0.25, 0.3) is 0 Å². The molecule has 1 unspecified atom stereocenters. The molecule has 1 aliphatic rings. The average Bonchev–Trinajstić information content (AvgIpc) is 2.04. The van der Waals surface area contributed by atoms with Gasteiger partial charge in [-0.1, -0.05) is 0 Å². The lowest BCUT2D eigenvalue weighted by atomic mass is 10.2. The molecule has 0 bridgehead atoms. The van der Waals surface area contributed by atoms with Crippen LogP contribution in [0.4, 0.5) is 8.78 Å². The first-order valence-corrected chi connectivity index (χ1v) is 3.34. The smallest absolute Gasteiger partial charge is 0.262 e. The highest BCUT2D eigenvalue weighted by Crippen LogP contribution is 2.15. The summed E-state index contributed by atoms with van der Waals surface area (Å²) >= 11 is 0. The number of aliphatic hydroxyl groups is 1. The SMILES string of the molecule is COC1=CNC(C(F)F)C=C1O. The summed E-state index contributed by atoms with van der Waals surface area (Å²) in [5.74, 6) is -0.103. The lowest BCUT2D eigenvalue weighted by molar-refractivity contribution is 0.118. The Bertz CT molecular complexity index is 225. The minimum absolute atomic E-state index is 0.159. The van der Waals surface area contributed by atoms with E-state index in [0.29, 0.717) is 0 Å². The molecular formula is C7H9F2NO2. The predicted molar refractivity (Wildman–Crippen MR) is 38.7 cm³/mol. The summed E-state index contributed by atoms with van der Waals surface area (Å²) in [6.07, 6.45) is -0.308. The van der Waals surface area contributed by atoms with Gasteiger partial charge in [0.25, 0.3) is 6.43 Å². The number of ether oxygens (including phenoxy) is 1. The van der Waals surface area contributed by atoms with Gasteiger partial charge >= 0.3 is 0 Å². The Morgan fingerprint density at radius 3 is 2.75 bits per heavy atom. The van der Waals surface area contributed by atoms with Crippen molar-refractivity contribution in [3.63, 3.8) is 0 Å². The number of aliphatic hydroxyl groups excluding tert-OH is 1. The van der Waals surface area contributed by atoms with Gasteiger partial charge < -0.3 is 15.2 Å². The standard InChI is InChI=1S/C7H9F2NO2/c1-12-6-3-10-4(7(8)9)2-5(6)11/h2-4,7,10-11H,1H3. The number of methoxy groups -OCH3 is 1. The molecule has 0 radical (unpaired) electrons. The number of alkyl halides is 2. The van der Waals surface area contributed by atoms with E-state index in [4.69, 9.17) is 5.11 Å². The summed E-state index contributed by atoms with van der Waals surface area (Å²) in [7, 11) is 1.35. The topological polar surface area (TPSA) is 41.5 Å². The van der Waals surface area contributed by atoms with Gasteiger partial charge in [-0.15, -0.1) is 0 Å². The highest BCUT2D eigenvalue weighted by molar-refractivity contribution is 5.25. The fraction of sp³-hybridized carbons (Fsp3) is 0.429. The van der Waals surface area contributed by atoms with Crippen LogP contribution in [0.2, 0.25) is 0 Å². The van der Waals surface area contributed by atoms with Gasteiger partial charge in [0.15, 0.2) is 11.5 Å². The molecular weight excluding hydrogens is 168 g/mol. The van der Waals surface area contributed by atoms with E-state index in [1.807, 2.05) is 0 Å². The molecule has 1 rings (SSSR count). The summed E-state index contributed by atoms with van der Waals surface area (Å²) in [5.41, 5.74) is 0. The molecule has 0 saturated heterocycles. The van der Waals surface area contributed by atoms with Crippen LogP contribution in [0.3, 0.4) is 0 Å². The van der Waals surface area contributed by atoms with Crippen molar-refractivity contribution in [2.75, 3.05) is 7.11 Å². The molecule has 0 fully saturated rings. The maximum atomic E-state index is 12.0. The number of nitrogens with one attached hydrogen (secondary N) is 1. The van der Waals surface area contributed by atoms with Crippen LogP contribution in [-0.2, 0) is 4.74 Å². The Morgan fingerprint density at radius 2 is 2.33 bits per heavy atom. The van der Waals surface area contributed by atoms with Gasteiger partial charge in [0.05, 0.1) is 7.11 Å². The number of dihydropyridines is 1. The zero-order valence-electron chi connectivity index (χ0n) is 6.42. The summed E-state index contributed by atoms with van der Waals surface area (Å²) in [5, 5.41) is 11.5. The van der Waals surface area contributed by atoms with Crippen LogP contribution in [0, 0.1) is 0 Å². The molecule has 0 aliphatic carbocycles. The predicted octanol–water partition coefficient (Wildman–Crippen LogP) is 1.15. The zero-order valence-corrected chi connectivity index (χ0v) is 6.42. The highest BCUT2D eigenvalue weighted by atomic mass is 19.3. The molecule has 0 spiro atoms. The van der Waals surface area contributed by atoms with Crippen molar-refractivity contribution >= 4 is 0 Å². The maximum Gasteiger partial charge on any atom is 0.262 e. The van der Waals surface area contributed by atoms with E-state index >= 15 is 0 Å². The third-order valence-corrected chi connectivity index (χ3v) is 1.49. The molecule has 0 amide bonds. The monoisotopic (exact) mass is 177 g/mol. The summed E-state index contributed by atoms with van der Waals surface area (Å²) in [6, 6.07) is -1.14. The Balaban J connectivity index is 2.69.